The molecule has 14 heavy (non-hydrogen) atoms. The molecule has 0 spiro atoms. The van der Waals surface area contributed by atoms with E-state index in [1.165, 1.54) is 13.3 Å². The number of ether oxygens (including phenoxy) is 1. The van der Waals surface area contributed by atoms with Crippen LogP contribution in [0.2, 0.25) is 0 Å². The van der Waals surface area contributed by atoms with Gasteiger partial charge in [-0.3, -0.25) is 4.98 Å². The second-order valence-electron chi connectivity index (χ2n) is 2.64. The van der Waals surface area contributed by atoms with E-state index >= 15 is 0 Å². The average molecular weight is 193 g/mol. The van der Waals surface area contributed by atoms with Crippen molar-refractivity contribution in [2.45, 2.75) is 0 Å². The number of aromatic nitrogens is 1. The first-order chi connectivity index (χ1) is 6.74. The van der Waals surface area contributed by atoms with E-state index in [-0.39, 0.29) is 11.5 Å². The summed E-state index contributed by atoms with van der Waals surface area (Å²) < 4.78 is 10.0. The third kappa shape index (κ3) is 1.10. The number of carboxylic acid groups (broad SMARTS) is 1. The van der Waals surface area contributed by atoms with Crippen LogP contribution in [0.4, 0.5) is 0 Å². The molecule has 0 saturated heterocycles. The normalized spacial score (nSPS) is 10.4. The summed E-state index contributed by atoms with van der Waals surface area (Å²) in [6.07, 6.45) is 3.00. The highest BCUT2D eigenvalue weighted by Crippen LogP contribution is 2.31. The van der Waals surface area contributed by atoms with Gasteiger partial charge >= 0.3 is 5.97 Å². The quantitative estimate of drug-likeness (QED) is 0.782. The Bertz CT molecular complexity index is 489. The molecule has 2 aromatic rings. The van der Waals surface area contributed by atoms with Gasteiger partial charge in [0.25, 0.3) is 5.76 Å². The van der Waals surface area contributed by atoms with Gasteiger partial charge in [0.05, 0.1) is 18.7 Å². The lowest BCUT2D eigenvalue weighted by Crippen LogP contribution is -1.96. The summed E-state index contributed by atoms with van der Waals surface area (Å²) in [5.74, 6) is -1.12. The second-order valence-corrected chi connectivity index (χ2v) is 2.64. The Balaban J connectivity index is 2.78. The van der Waals surface area contributed by atoms with E-state index in [0.29, 0.717) is 11.0 Å². The predicted octanol–water partition coefficient (Wildman–Crippen LogP) is 1.53. The maximum Gasteiger partial charge on any atom is 0.375 e. The van der Waals surface area contributed by atoms with Crippen LogP contribution in [0.25, 0.3) is 11.0 Å². The minimum absolute atomic E-state index is 0.199. The summed E-state index contributed by atoms with van der Waals surface area (Å²) in [6.45, 7) is 0. The molecule has 0 fully saturated rings. The zero-order valence-corrected chi connectivity index (χ0v) is 7.35. The summed E-state index contributed by atoms with van der Waals surface area (Å²) in [5.41, 5.74) is 0.404. The molecular weight excluding hydrogens is 186 g/mol. The summed E-state index contributed by atoms with van der Waals surface area (Å²) in [7, 11) is 1.40. The van der Waals surface area contributed by atoms with Gasteiger partial charge in [0.2, 0.25) is 0 Å². The molecule has 0 aliphatic rings. The van der Waals surface area contributed by atoms with E-state index in [4.69, 9.17) is 14.3 Å². The van der Waals surface area contributed by atoms with Crippen LogP contribution >= 0.6 is 0 Å². The van der Waals surface area contributed by atoms with Gasteiger partial charge in [-0.15, -0.1) is 0 Å². The fourth-order valence-corrected chi connectivity index (χ4v) is 1.27. The maximum atomic E-state index is 10.8. The van der Waals surface area contributed by atoms with Gasteiger partial charge in [0, 0.05) is 6.20 Å². The molecule has 0 radical (unpaired) electrons. The third-order valence-electron chi connectivity index (χ3n) is 1.85. The molecule has 5 heteroatoms. The number of carbonyl (C=O) groups is 1. The fourth-order valence-electron chi connectivity index (χ4n) is 1.27. The maximum absolute atomic E-state index is 10.8. The van der Waals surface area contributed by atoms with Gasteiger partial charge in [-0.25, -0.2) is 4.79 Å². The van der Waals surface area contributed by atoms with Gasteiger partial charge in [-0.1, -0.05) is 0 Å². The number of rotatable bonds is 2. The van der Waals surface area contributed by atoms with Crippen LogP contribution in [0.1, 0.15) is 10.6 Å². The average Bonchev–Trinajstić information content (AvgIpc) is 2.56. The van der Waals surface area contributed by atoms with Crippen molar-refractivity contribution in [3.05, 3.63) is 24.2 Å². The molecular formula is C9H7NO4. The van der Waals surface area contributed by atoms with Gasteiger partial charge in [-0.05, 0) is 6.07 Å². The van der Waals surface area contributed by atoms with Crippen LogP contribution in [0.15, 0.2) is 22.9 Å². The fraction of sp³-hybridized carbons (Fsp3) is 0.111. The van der Waals surface area contributed by atoms with Crippen LogP contribution in [0.3, 0.4) is 0 Å². The van der Waals surface area contributed by atoms with Crippen LogP contribution in [-0.2, 0) is 0 Å². The summed E-state index contributed by atoms with van der Waals surface area (Å²) in [5, 5.41) is 9.41. The van der Waals surface area contributed by atoms with Crippen LogP contribution < -0.4 is 4.74 Å². The number of nitrogens with zero attached hydrogens (tertiary/aromatic N) is 1. The predicted molar refractivity (Wildman–Crippen MR) is 47.5 cm³/mol. The lowest BCUT2D eigenvalue weighted by atomic mass is 10.3. The first-order valence-corrected chi connectivity index (χ1v) is 3.88. The molecule has 0 atom stereocenters. The minimum Gasteiger partial charge on any atom is -0.492 e. The molecule has 2 heterocycles. The van der Waals surface area contributed by atoms with Crippen LogP contribution in [0, 0.1) is 0 Å². The van der Waals surface area contributed by atoms with Crippen molar-refractivity contribution >= 4 is 16.9 Å². The van der Waals surface area contributed by atoms with Gasteiger partial charge in [0.15, 0.2) is 11.3 Å². The highest BCUT2D eigenvalue weighted by Gasteiger charge is 2.20. The van der Waals surface area contributed by atoms with E-state index in [2.05, 4.69) is 4.98 Å². The van der Waals surface area contributed by atoms with Crippen molar-refractivity contribution < 1.29 is 19.1 Å². The second kappa shape index (κ2) is 3.02. The minimum atomic E-state index is -1.15. The Morgan fingerprint density at radius 1 is 1.64 bits per heavy atom. The van der Waals surface area contributed by atoms with Crippen molar-refractivity contribution in [3.63, 3.8) is 0 Å². The van der Waals surface area contributed by atoms with Gasteiger partial charge in [0.1, 0.15) is 0 Å². The monoisotopic (exact) mass is 193 g/mol. The van der Waals surface area contributed by atoms with E-state index < -0.39 is 5.97 Å². The highest BCUT2D eigenvalue weighted by molar-refractivity contribution is 5.97. The van der Waals surface area contributed by atoms with E-state index in [0.717, 1.165) is 0 Å². The lowest BCUT2D eigenvalue weighted by molar-refractivity contribution is 0.0660. The lowest BCUT2D eigenvalue weighted by Gasteiger charge is -1.95. The molecule has 0 saturated carbocycles. The number of furan rings is 1. The Kier molecular flexibility index (Phi) is 1.85. The van der Waals surface area contributed by atoms with E-state index in [1.54, 1.807) is 12.3 Å². The molecule has 2 rings (SSSR count). The van der Waals surface area contributed by atoms with Crippen LogP contribution in [0.5, 0.6) is 5.75 Å². The molecule has 5 nitrogen and oxygen atoms in total. The largest absolute Gasteiger partial charge is 0.492 e. The molecule has 2 aromatic heterocycles. The van der Waals surface area contributed by atoms with E-state index in [9.17, 15) is 4.79 Å². The molecule has 0 aromatic carbocycles. The first-order valence-electron chi connectivity index (χ1n) is 3.88. The molecule has 72 valence electrons. The Hall–Kier alpha value is -2.04. The number of hydrogen-bond acceptors (Lipinski definition) is 4. The Morgan fingerprint density at radius 3 is 3.07 bits per heavy atom. The molecule has 0 aliphatic carbocycles. The Labute approximate surface area is 78.9 Å². The zero-order valence-electron chi connectivity index (χ0n) is 7.35. The standard InChI is InChI=1S/C9H7NO4/c1-13-7-5-2-3-10-4-6(5)14-8(7)9(11)12/h2-4H,1H3,(H,11,12). The molecule has 0 amide bonds. The van der Waals surface area contributed by atoms with Crippen LogP contribution in [-0.4, -0.2) is 23.2 Å². The smallest absolute Gasteiger partial charge is 0.375 e. The summed E-state index contributed by atoms with van der Waals surface area (Å²) in [4.78, 5) is 14.6. The SMILES string of the molecule is COc1c(C(=O)O)oc2cnccc12. The highest BCUT2D eigenvalue weighted by atomic mass is 16.5. The molecule has 0 aliphatic heterocycles. The van der Waals surface area contributed by atoms with E-state index in [1.807, 2.05) is 0 Å². The first kappa shape index (κ1) is 8.55. The Morgan fingerprint density at radius 2 is 2.43 bits per heavy atom. The zero-order chi connectivity index (χ0) is 10.1. The number of methoxy groups -OCH3 is 1. The molecule has 0 bridgehead atoms. The number of aromatic carboxylic acids is 1. The summed E-state index contributed by atoms with van der Waals surface area (Å²) in [6, 6.07) is 1.64. The number of hydrogen-bond donors (Lipinski definition) is 1. The van der Waals surface area contributed by atoms with Crippen molar-refractivity contribution in [2.75, 3.05) is 7.11 Å². The third-order valence-corrected chi connectivity index (χ3v) is 1.85. The van der Waals surface area contributed by atoms with Crippen molar-refractivity contribution in [2.24, 2.45) is 0 Å². The molecule has 1 N–H and O–H groups in total. The number of fused-ring (bicyclic) bond motifs is 1. The number of carboxylic acids is 1. The van der Waals surface area contributed by atoms with Crippen molar-refractivity contribution in [1.82, 2.24) is 4.98 Å². The summed E-state index contributed by atoms with van der Waals surface area (Å²) >= 11 is 0. The van der Waals surface area contributed by atoms with Crippen molar-refractivity contribution in [1.29, 1.82) is 0 Å². The van der Waals surface area contributed by atoms with Gasteiger partial charge in [-0.2, -0.15) is 0 Å². The number of pyridine rings is 1. The van der Waals surface area contributed by atoms with Gasteiger partial charge < -0.3 is 14.3 Å². The topological polar surface area (TPSA) is 72.6 Å². The van der Waals surface area contributed by atoms with Crippen molar-refractivity contribution in [3.8, 4) is 5.75 Å². The molecule has 0 unspecified atom stereocenters.